The minimum absolute atomic E-state index is 0.212. The fourth-order valence-corrected chi connectivity index (χ4v) is 1.88. The second kappa shape index (κ2) is 8.16. The third-order valence-electron chi connectivity index (χ3n) is 2.92. The fraction of sp³-hybridized carbons (Fsp3) is 0.188. The van der Waals surface area contributed by atoms with Crippen molar-refractivity contribution in [1.29, 1.82) is 0 Å². The summed E-state index contributed by atoms with van der Waals surface area (Å²) in [7, 11) is 2.94. The second-order valence-corrected chi connectivity index (χ2v) is 5.02. The Morgan fingerprint density at radius 3 is 2.33 bits per heavy atom. The number of ether oxygens (including phenoxy) is 3. The summed E-state index contributed by atoms with van der Waals surface area (Å²) in [6.45, 7) is -0.456. The van der Waals surface area contributed by atoms with E-state index in [2.05, 4.69) is 10.3 Å². The quantitative estimate of drug-likeness (QED) is 0.806. The van der Waals surface area contributed by atoms with Crippen molar-refractivity contribution in [2.24, 2.45) is 0 Å². The molecule has 2 rings (SSSR count). The Hall–Kier alpha value is -2.80. The maximum atomic E-state index is 12.0. The largest absolute Gasteiger partial charge is 0.497 e. The molecule has 24 heavy (non-hydrogen) atoms. The number of halogens is 1. The van der Waals surface area contributed by atoms with Crippen LogP contribution in [0.3, 0.4) is 0 Å². The maximum Gasteiger partial charge on any atom is 0.338 e. The fourth-order valence-electron chi connectivity index (χ4n) is 1.77. The molecule has 0 aliphatic carbocycles. The van der Waals surface area contributed by atoms with Crippen molar-refractivity contribution in [1.82, 2.24) is 4.98 Å². The molecule has 0 aliphatic heterocycles. The third-order valence-corrected chi connectivity index (χ3v) is 3.14. The molecule has 0 spiro atoms. The molecule has 1 N–H and O–H groups in total. The smallest absolute Gasteiger partial charge is 0.338 e. The Balaban J connectivity index is 1.94. The van der Waals surface area contributed by atoms with Gasteiger partial charge in [0, 0.05) is 12.3 Å². The van der Waals surface area contributed by atoms with E-state index in [0.29, 0.717) is 22.3 Å². The minimum Gasteiger partial charge on any atom is -0.497 e. The highest BCUT2D eigenvalue weighted by Gasteiger charge is 2.13. The van der Waals surface area contributed by atoms with E-state index in [-0.39, 0.29) is 5.56 Å². The van der Waals surface area contributed by atoms with Crippen LogP contribution in [0.4, 0.5) is 5.82 Å². The molecule has 0 saturated heterocycles. The number of hydrogen-bond donors (Lipinski definition) is 1. The van der Waals surface area contributed by atoms with E-state index in [1.165, 1.54) is 38.6 Å². The molecule has 1 aromatic carbocycles. The normalized spacial score (nSPS) is 9.96. The Labute approximate surface area is 143 Å². The first-order chi connectivity index (χ1) is 11.5. The molecule has 2 aromatic rings. The molecule has 0 aliphatic rings. The highest BCUT2D eigenvalue weighted by atomic mass is 35.5. The van der Waals surface area contributed by atoms with Gasteiger partial charge in [-0.15, -0.1) is 0 Å². The van der Waals surface area contributed by atoms with Crippen LogP contribution in [0, 0.1) is 0 Å². The van der Waals surface area contributed by atoms with Crippen molar-refractivity contribution in [3.8, 4) is 11.5 Å². The van der Waals surface area contributed by atoms with Crippen LogP contribution in [0.15, 0.2) is 36.5 Å². The zero-order valence-corrected chi connectivity index (χ0v) is 13.8. The van der Waals surface area contributed by atoms with Gasteiger partial charge in [0.2, 0.25) is 0 Å². The maximum absolute atomic E-state index is 12.0. The number of nitrogens with zero attached hydrogens (tertiary/aromatic N) is 1. The summed E-state index contributed by atoms with van der Waals surface area (Å²) in [6.07, 6.45) is 1.39. The number of amides is 1. The average Bonchev–Trinajstić information content (AvgIpc) is 2.61. The molecule has 0 fully saturated rings. The first-order valence-electron chi connectivity index (χ1n) is 6.83. The van der Waals surface area contributed by atoms with Crippen molar-refractivity contribution in [2.75, 3.05) is 26.1 Å². The first kappa shape index (κ1) is 17.6. The molecule has 0 saturated carbocycles. The van der Waals surface area contributed by atoms with Gasteiger partial charge < -0.3 is 19.5 Å². The van der Waals surface area contributed by atoms with E-state index < -0.39 is 18.5 Å². The van der Waals surface area contributed by atoms with Crippen LogP contribution >= 0.6 is 11.6 Å². The molecule has 126 valence electrons. The van der Waals surface area contributed by atoms with Crippen molar-refractivity contribution >= 4 is 29.3 Å². The van der Waals surface area contributed by atoms with Crippen LogP contribution in [0.25, 0.3) is 0 Å². The number of rotatable bonds is 6. The number of pyridine rings is 1. The molecule has 1 amide bonds. The molecule has 0 atom stereocenters. The van der Waals surface area contributed by atoms with Crippen LogP contribution in [0.2, 0.25) is 5.02 Å². The number of nitrogens with one attached hydrogen (secondary N) is 1. The zero-order valence-electron chi connectivity index (χ0n) is 13.0. The zero-order chi connectivity index (χ0) is 17.5. The van der Waals surface area contributed by atoms with E-state index in [0.717, 1.165) is 0 Å². The van der Waals surface area contributed by atoms with Gasteiger partial charge >= 0.3 is 5.97 Å². The van der Waals surface area contributed by atoms with E-state index >= 15 is 0 Å². The summed E-state index contributed by atoms with van der Waals surface area (Å²) in [5.41, 5.74) is 0.212. The molecule has 0 unspecified atom stereocenters. The molecule has 1 aromatic heterocycles. The monoisotopic (exact) mass is 350 g/mol. The predicted octanol–water partition coefficient (Wildman–Crippen LogP) is 2.55. The highest BCUT2D eigenvalue weighted by molar-refractivity contribution is 6.30. The lowest BCUT2D eigenvalue weighted by molar-refractivity contribution is -0.119. The lowest BCUT2D eigenvalue weighted by Gasteiger charge is -2.09. The standard InChI is InChI=1S/C16H15ClN2O5/c1-22-12-5-10(6-13(7-12)23-2)16(21)24-9-15(20)19-14-4-3-11(17)8-18-14/h3-8H,9H2,1-2H3,(H,18,19,20). The number of methoxy groups -OCH3 is 2. The molecular weight excluding hydrogens is 336 g/mol. The third kappa shape index (κ3) is 4.85. The van der Waals surface area contributed by atoms with Gasteiger partial charge in [0.1, 0.15) is 17.3 Å². The Morgan fingerprint density at radius 2 is 1.79 bits per heavy atom. The number of hydrogen-bond acceptors (Lipinski definition) is 6. The lowest BCUT2D eigenvalue weighted by Crippen LogP contribution is -2.21. The average molecular weight is 351 g/mol. The van der Waals surface area contributed by atoms with Gasteiger partial charge in [0.25, 0.3) is 5.91 Å². The first-order valence-corrected chi connectivity index (χ1v) is 7.21. The molecular formula is C16H15ClN2O5. The summed E-state index contributed by atoms with van der Waals surface area (Å²) in [4.78, 5) is 27.7. The van der Waals surface area contributed by atoms with E-state index in [1.54, 1.807) is 12.1 Å². The molecule has 8 heteroatoms. The van der Waals surface area contributed by atoms with Gasteiger partial charge in [-0.1, -0.05) is 11.6 Å². The van der Waals surface area contributed by atoms with Gasteiger partial charge in [-0.05, 0) is 24.3 Å². The lowest BCUT2D eigenvalue weighted by atomic mass is 10.2. The van der Waals surface area contributed by atoms with Gasteiger partial charge in [-0.3, -0.25) is 4.79 Å². The van der Waals surface area contributed by atoms with Gasteiger partial charge in [0.15, 0.2) is 6.61 Å². The number of benzene rings is 1. The van der Waals surface area contributed by atoms with Gasteiger partial charge in [-0.25, -0.2) is 9.78 Å². The summed E-state index contributed by atoms with van der Waals surface area (Å²) in [5, 5.41) is 2.94. The second-order valence-electron chi connectivity index (χ2n) is 4.59. The van der Waals surface area contributed by atoms with Crippen molar-refractivity contribution in [3.63, 3.8) is 0 Å². The van der Waals surface area contributed by atoms with Crippen molar-refractivity contribution < 1.29 is 23.8 Å². The van der Waals surface area contributed by atoms with E-state index in [4.69, 9.17) is 25.8 Å². The van der Waals surface area contributed by atoms with Crippen LogP contribution in [0.1, 0.15) is 10.4 Å². The topological polar surface area (TPSA) is 86.8 Å². The van der Waals surface area contributed by atoms with E-state index in [9.17, 15) is 9.59 Å². The van der Waals surface area contributed by atoms with Crippen LogP contribution < -0.4 is 14.8 Å². The number of anilines is 1. The Bertz CT molecular complexity index is 711. The van der Waals surface area contributed by atoms with Gasteiger partial charge in [-0.2, -0.15) is 0 Å². The summed E-state index contributed by atoms with van der Waals surface area (Å²) in [5.74, 6) is -0.00446. The van der Waals surface area contributed by atoms with Crippen molar-refractivity contribution in [3.05, 3.63) is 47.1 Å². The van der Waals surface area contributed by atoms with Crippen LogP contribution in [0.5, 0.6) is 11.5 Å². The van der Waals surface area contributed by atoms with Crippen LogP contribution in [-0.2, 0) is 9.53 Å². The number of carbonyl (C=O) groups is 2. The molecule has 0 radical (unpaired) electrons. The molecule has 0 bridgehead atoms. The van der Waals surface area contributed by atoms with E-state index in [1.807, 2.05) is 0 Å². The SMILES string of the molecule is COc1cc(OC)cc(C(=O)OCC(=O)Nc2ccc(Cl)cn2)c1. The van der Waals surface area contributed by atoms with Crippen molar-refractivity contribution in [2.45, 2.75) is 0 Å². The Morgan fingerprint density at radius 1 is 1.12 bits per heavy atom. The number of carbonyl (C=O) groups excluding carboxylic acids is 2. The van der Waals surface area contributed by atoms with Gasteiger partial charge in [0.05, 0.1) is 24.8 Å². The molecule has 7 nitrogen and oxygen atoms in total. The molecule has 1 heterocycles. The Kier molecular flexibility index (Phi) is 5.97. The summed E-state index contributed by atoms with van der Waals surface area (Å²) >= 11 is 5.70. The van der Waals surface area contributed by atoms with Crippen LogP contribution in [-0.4, -0.2) is 37.7 Å². The summed E-state index contributed by atoms with van der Waals surface area (Å²) < 4.78 is 15.1. The highest BCUT2D eigenvalue weighted by Crippen LogP contribution is 2.23. The number of esters is 1. The number of aromatic nitrogens is 1. The summed E-state index contributed by atoms with van der Waals surface area (Å²) in [6, 6.07) is 7.72. The minimum atomic E-state index is -0.675. The predicted molar refractivity (Wildman–Crippen MR) is 87.7 cm³/mol.